The number of hydrogen-bond donors (Lipinski definition) is 1. The molecular formula is C23H30N4O5S. The van der Waals surface area contributed by atoms with Crippen molar-refractivity contribution in [1.29, 1.82) is 0 Å². The maximum absolute atomic E-state index is 12.7. The lowest BCUT2D eigenvalue weighted by Crippen LogP contribution is -2.50. The highest BCUT2D eigenvalue weighted by Crippen LogP contribution is 2.35. The summed E-state index contributed by atoms with van der Waals surface area (Å²) in [4.78, 5) is 40.4. The lowest BCUT2D eigenvalue weighted by atomic mass is 9.98. The minimum Gasteiger partial charge on any atom is -0.340 e. The van der Waals surface area contributed by atoms with Crippen molar-refractivity contribution >= 4 is 33.9 Å². The second-order valence-electron chi connectivity index (χ2n) is 8.82. The Labute approximate surface area is 194 Å². The maximum Gasteiger partial charge on any atom is 0.325 e. The van der Waals surface area contributed by atoms with Crippen molar-refractivity contribution in [2.75, 3.05) is 32.7 Å². The van der Waals surface area contributed by atoms with E-state index in [4.69, 9.17) is 0 Å². The van der Waals surface area contributed by atoms with E-state index in [1.165, 1.54) is 14.6 Å². The molecule has 1 aliphatic carbocycles. The zero-order chi connectivity index (χ0) is 23.5. The van der Waals surface area contributed by atoms with Crippen LogP contribution in [0.25, 0.3) is 6.08 Å². The molecule has 178 valence electrons. The van der Waals surface area contributed by atoms with Gasteiger partial charge in [0.25, 0.3) is 5.91 Å². The number of carbonyl (C=O) groups is 3. The van der Waals surface area contributed by atoms with Crippen LogP contribution in [0.2, 0.25) is 0 Å². The van der Waals surface area contributed by atoms with Crippen molar-refractivity contribution in [1.82, 2.24) is 19.4 Å². The molecule has 1 aromatic rings. The minimum atomic E-state index is -3.56. The average molecular weight is 475 g/mol. The van der Waals surface area contributed by atoms with Gasteiger partial charge in [-0.1, -0.05) is 43.2 Å². The Morgan fingerprint density at radius 3 is 2.36 bits per heavy atom. The number of imide groups is 1. The van der Waals surface area contributed by atoms with Crippen molar-refractivity contribution in [3.05, 3.63) is 41.3 Å². The first-order valence-corrected chi connectivity index (χ1v) is 13.0. The first-order chi connectivity index (χ1) is 15.8. The summed E-state index contributed by atoms with van der Waals surface area (Å²) >= 11 is 0. The number of nitrogens with zero attached hydrogens (tertiary/aromatic N) is 3. The van der Waals surface area contributed by atoms with Crippen molar-refractivity contribution in [2.24, 2.45) is 0 Å². The monoisotopic (exact) mass is 474 g/mol. The topological polar surface area (TPSA) is 107 Å². The number of sulfonamides is 1. The molecule has 9 nitrogen and oxygen atoms in total. The molecule has 3 aliphatic rings. The predicted molar refractivity (Wildman–Crippen MR) is 123 cm³/mol. The molecule has 4 amide bonds. The van der Waals surface area contributed by atoms with Crippen molar-refractivity contribution in [3.63, 3.8) is 0 Å². The second kappa shape index (κ2) is 9.64. The second-order valence-corrected chi connectivity index (χ2v) is 10.6. The van der Waals surface area contributed by atoms with E-state index in [1.807, 2.05) is 30.3 Å². The van der Waals surface area contributed by atoms with Crippen LogP contribution in [0.1, 0.15) is 44.1 Å². The van der Waals surface area contributed by atoms with Crippen LogP contribution < -0.4 is 5.32 Å². The van der Waals surface area contributed by atoms with Crippen molar-refractivity contribution < 1.29 is 22.8 Å². The third kappa shape index (κ3) is 5.11. The van der Waals surface area contributed by atoms with Crippen LogP contribution in [0.15, 0.2) is 35.7 Å². The highest BCUT2D eigenvalue weighted by Gasteiger charge is 2.52. The Morgan fingerprint density at radius 1 is 1.03 bits per heavy atom. The molecule has 3 fully saturated rings. The van der Waals surface area contributed by atoms with Gasteiger partial charge < -0.3 is 10.2 Å². The first kappa shape index (κ1) is 23.4. The third-order valence-electron chi connectivity index (χ3n) is 6.66. The summed E-state index contributed by atoms with van der Waals surface area (Å²) in [5.41, 5.74) is 0.0802. The third-order valence-corrected chi connectivity index (χ3v) is 8.22. The number of urea groups is 1. The number of hydrogen-bond acceptors (Lipinski definition) is 5. The van der Waals surface area contributed by atoms with Crippen molar-refractivity contribution in [3.8, 4) is 0 Å². The summed E-state index contributed by atoms with van der Waals surface area (Å²) in [6.45, 7) is 1.34. The summed E-state index contributed by atoms with van der Waals surface area (Å²) in [5, 5.41) is 4.05. The molecular weight excluding hydrogens is 444 g/mol. The van der Waals surface area contributed by atoms with E-state index < -0.39 is 15.6 Å². The van der Waals surface area contributed by atoms with Crippen LogP contribution in [-0.2, 0) is 19.6 Å². The van der Waals surface area contributed by atoms with E-state index in [0.717, 1.165) is 18.4 Å². The SMILES string of the molecule is O=C(CCCN1C(=O)NC2(CCCC2)C1=O)N1CCN(S(=O)(=O)/C=C/c2ccccc2)CC1. The minimum absolute atomic E-state index is 0.0884. The van der Waals surface area contributed by atoms with Crippen LogP contribution in [-0.4, -0.2) is 78.6 Å². The molecule has 0 bridgehead atoms. The van der Waals surface area contributed by atoms with Gasteiger partial charge in [0.05, 0.1) is 0 Å². The van der Waals surface area contributed by atoms with Gasteiger partial charge >= 0.3 is 6.03 Å². The van der Waals surface area contributed by atoms with Gasteiger partial charge in [0.2, 0.25) is 15.9 Å². The Balaban J connectivity index is 1.22. The van der Waals surface area contributed by atoms with Gasteiger partial charge in [0.1, 0.15) is 5.54 Å². The normalized spacial score (nSPS) is 21.3. The highest BCUT2D eigenvalue weighted by atomic mass is 32.2. The lowest BCUT2D eigenvalue weighted by Gasteiger charge is -2.33. The van der Waals surface area contributed by atoms with Gasteiger partial charge in [-0.05, 0) is 30.9 Å². The molecule has 1 N–H and O–H groups in total. The van der Waals surface area contributed by atoms with Crippen molar-refractivity contribution in [2.45, 2.75) is 44.1 Å². The molecule has 1 spiro atoms. The number of piperazine rings is 1. The molecule has 10 heteroatoms. The number of nitrogens with one attached hydrogen (secondary N) is 1. The summed E-state index contributed by atoms with van der Waals surface area (Å²) in [7, 11) is -3.56. The Hall–Kier alpha value is -2.72. The molecule has 1 aromatic carbocycles. The summed E-state index contributed by atoms with van der Waals surface area (Å²) < 4.78 is 26.5. The Morgan fingerprint density at radius 2 is 1.70 bits per heavy atom. The fourth-order valence-corrected chi connectivity index (χ4v) is 5.92. The summed E-state index contributed by atoms with van der Waals surface area (Å²) in [5.74, 6) is -0.255. The molecule has 0 atom stereocenters. The molecule has 0 radical (unpaired) electrons. The van der Waals surface area contributed by atoms with E-state index in [2.05, 4.69) is 5.32 Å². The van der Waals surface area contributed by atoms with Gasteiger partial charge in [0.15, 0.2) is 0 Å². The molecule has 1 saturated carbocycles. The van der Waals surface area contributed by atoms with E-state index in [0.29, 0.717) is 32.4 Å². The molecule has 4 rings (SSSR count). The number of rotatable bonds is 7. The van der Waals surface area contributed by atoms with Gasteiger partial charge in [-0.25, -0.2) is 13.2 Å². The molecule has 0 aromatic heterocycles. The predicted octanol–water partition coefficient (Wildman–Crippen LogP) is 1.78. The van der Waals surface area contributed by atoms with Gasteiger partial charge in [-0.3, -0.25) is 14.5 Å². The first-order valence-electron chi connectivity index (χ1n) is 11.5. The fourth-order valence-electron chi connectivity index (χ4n) is 4.75. The van der Waals surface area contributed by atoms with E-state index >= 15 is 0 Å². The standard InChI is InChI=1S/C23H30N4O5S/c28-20(9-6-13-27-21(29)23(24-22(27)30)11-4-5-12-23)25-14-16-26(17-15-25)33(31,32)18-10-19-7-2-1-3-8-19/h1-3,7-8,10,18H,4-6,9,11-17H2,(H,24,30)/b18-10+. The molecule has 0 unspecified atom stereocenters. The number of carbonyl (C=O) groups excluding carboxylic acids is 3. The van der Waals surface area contributed by atoms with Crippen LogP contribution in [0.5, 0.6) is 0 Å². The van der Waals surface area contributed by atoms with E-state index in [1.54, 1.807) is 11.0 Å². The number of amides is 4. The molecule has 2 saturated heterocycles. The zero-order valence-corrected chi connectivity index (χ0v) is 19.4. The van der Waals surface area contributed by atoms with Gasteiger partial charge in [-0.15, -0.1) is 0 Å². The zero-order valence-electron chi connectivity index (χ0n) is 18.6. The van der Waals surface area contributed by atoms with E-state index in [9.17, 15) is 22.8 Å². The van der Waals surface area contributed by atoms with E-state index in [-0.39, 0.29) is 43.9 Å². The Bertz CT molecular complexity index is 1030. The average Bonchev–Trinajstić information content (AvgIpc) is 3.38. The van der Waals surface area contributed by atoms with Crippen LogP contribution in [0.3, 0.4) is 0 Å². The maximum atomic E-state index is 12.7. The van der Waals surface area contributed by atoms with Crippen LogP contribution in [0.4, 0.5) is 4.79 Å². The van der Waals surface area contributed by atoms with Crippen LogP contribution in [0, 0.1) is 0 Å². The van der Waals surface area contributed by atoms with Crippen LogP contribution >= 0.6 is 0 Å². The lowest BCUT2D eigenvalue weighted by molar-refractivity contribution is -0.134. The summed E-state index contributed by atoms with van der Waals surface area (Å²) in [6, 6.07) is 8.85. The largest absolute Gasteiger partial charge is 0.340 e. The molecule has 33 heavy (non-hydrogen) atoms. The van der Waals surface area contributed by atoms with Gasteiger partial charge in [-0.2, -0.15) is 4.31 Å². The molecule has 2 aliphatic heterocycles. The summed E-state index contributed by atoms with van der Waals surface area (Å²) in [6.07, 6.45) is 5.40. The quantitative estimate of drug-likeness (QED) is 0.606. The molecule has 2 heterocycles. The number of benzene rings is 1. The van der Waals surface area contributed by atoms with Gasteiger partial charge in [0, 0.05) is 44.6 Å². The fraction of sp³-hybridized carbons (Fsp3) is 0.522. The smallest absolute Gasteiger partial charge is 0.325 e. The Kier molecular flexibility index (Phi) is 6.85. The highest BCUT2D eigenvalue weighted by molar-refractivity contribution is 7.92.